The third kappa shape index (κ3) is 3.90. The van der Waals surface area contributed by atoms with Gasteiger partial charge in [-0.15, -0.1) is 0 Å². The van der Waals surface area contributed by atoms with Crippen molar-refractivity contribution < 1.29 is 14.3 Å². The molecule has 3 atom stereocenters. The second kappa shape index (κ2) is 8.40. The fourth-order valence-corrected chi connectivity index (χ4v) is 7.56. The summed E-state index contributed by atoms with van der Waals surface area (Å²) in [5.41, 5.74) is 3.07. The molecule has 0 radical (unpaired) electrons. The largest absolute Gasteiger partial charge is 0.468 e. The molecular weight excluding hydrogens is 416 g/mol. The Morgan fingerprint density at radius 3 is 2.58 bits per heavy atom. The topological polar surface area (TPSA) is 76.5 Å². The lowest BCUT2D eigenvalue weighted by molar-refractivity contribution is -0.142. The summed E-state index contributed by atoms with van der Waals surface area (Å²) in [4.78, 5) is 27.8. The lowest BCUT2D eigenvalue weighted by Crippen LogP contribution is -2.52. The number of fused-ring (bicyclic) bond motifs is 3. The molecule has 0 saturated heterocycles. The number of methoxy groups -OCH3 is 1. The Labute approximate surface area is 197 Å². The lowest BCUT2D eigenvalue weighted by atomic mass is 9.68. The van der Waals surface area contributed by atoms with Crippen molar-refractivity contribution in [2.24, 2.45) is 16.7 Å². The van der Waals surface area contributed by atoms with E-state index in [-0.39, 0.29) is 35.3 Å². The average Bonchev–Trinajstić information content (AvgIpc) is 3.44. The summed E-state index contributed by atoms with van der Waals surface area (Å²) >= 11 is 0. The van der Waals surface area contributed by atoms with E-state index in [0.717, 1.165) is 31.4 Å². The number of carbonyl (C=O) groups is 2. The van der Waals surface area contributed by atoms with E-state index < -0.39 is 0 Å². The van der Waals surface area contributed by atoms with Gasteiger partial charge in [-0.3, -0.25) is 19.2 Å². The summed E-state index contributed by atoms with van der Waals surface area (Å²) in [6, 6.07) is 0.555. The summed E-state index contributed by atoms with van der Waals surface area (Å²) in [6.45, 7) is 8.61. The first kappa shape index (κ1) is 22.9. The van der Waals surface area contributed by atoms with Crippen LogP contribution in [0, 0.1) is 16.7 Å². The number of aromatic nitrogens is 2. The third-order valence-corrected chi connectivity index (χ3v) is 9.43. The number of esters is 1. The molecule has 1 aromatic heterocycles. The van der Waals surface area contributed by atoms with Crippen molar-refractivity contribution in [2.45, 2.75) is 97.2 Å². The van der Waals surface area contributed by atoms with E-state index in [4.69, 9.17) is 9.84 Å². The SMILES string of the molecule is COC(=O)CN1CCc2c(c(C(=O)NC3C4(C)CCC(C4)C3(C)C)nn2C2CCCCC2)C1. The summed E-state index contributed by atoms with van der Waals surface area (Å²) < 4.78 is 7.08. The fraction of sp³-hybridized carbons (Fsp3) is 0.808. The maximum Gasteiger partial charge on any atom is 0.319 e. The van der Waals surface area contributed by atoms with E-state index in [1.54, 1.807) is 0 Å². The lowest BCUT2D eigenvalue weighted by Gasteiger charge is -2.43. The van der Waals surface area contributed by atoms with Crippen LogP contribution in [0.4, 0.5) is 0 Å². The summed E-state index contributed by atoms with van der Waals surface area (Å²) in [5.74, 6) is 0.408. The Hall–Kier alpha value is -1.89. The second-order valence-electron chi connectivity index (χ2n) is 11.9. The molecule has 3 unspecified atom stereocenters. The second-order valence-corrected chi connectivity index (χ2v) is 11.9. The number of carbonyl (C=O) groups excluding carboxylic acids is 2. The first-order valence-electron chi connectivity index (χ1n) is 12.9. The monoisotopic (exact) mass is 456 g/mol. The molecule has 0 aromatic carbocycles. The van der Waals surface area contributed by atoms with Gasteiger partial charge in [-0.05, 0) is 48.9 Å². The maximum absolute atomic E-state index is 13.8. The van der Waals surface area contributed by atoms with Gasteiger partial charge in [-0.2, -0.15) is 5.10 Å². The van der Waals surface area contributed by atoms with Crippen LogP contribution < -0.4 is 5.32 Å². The number of nitrogens with one attached hydrogen (secondary N) is 1. The van der Waals surface area contributed by atoms with Crippen LogP contribution in [0.3, 0.4) is 0 Å². The highest BCUT2D eigenvalue weighted by molar-refractivity contribution is 5.94. The molecule has 7 nitrogen and oxygen atoms in total. The first-order chi connectivity index (χ1) is 15.7. The normalized spacial score (nSPS) is 31.4. The van der Waals surface area contributed by atoms with Crippen molar-refractivity contribution >= 4 is 11.9 Å². The predicted molar refractivity (Wildman–Crippen MR) is 126 cm³/mol. The minimum absolute atomic E-state index is 0.0347. The van der Waals surface area contributed by atoms with Gasteiger partial charge in [0.05, 0.1) is 19.7 Å². The Balaban J connectivity index is 1.44. The molecule has 0 spiro atoms. The van der Waals surface area contributed by atoms with Crippen molar-refractivity contribution in [1.29, 1.82) is 0 Å². The van der Waals surface area contributed by atoms with Gasteiger partial charge in [0.2, 0.25) is 0 Å². The van der Waals surface area contributed by atoms with Crippen molar-refractivity contribution in [3.8, 4) is 0 Å². The Morgan fingerprint density at radius 2 is 1.91 bits per heavy atom. The number of rotatable bonds is 5. The number of hydrogen-bond acceptors (Lipinski definition) is 5. The van der Waals surface area contributed by atoms with Gasteiger partial charge in [0.25, 0.3) is 5.91 Å². The molecular formula is C26H40N4O3. The van der Waals surface area contributed by atoms with Gasteiger partial charge in [-0.1, -0.05) is 40.0 Å². The number of ether oxygens (including phenoxy) is 1. The van der Waals surface area contributed by atoms with E-state index in [1.165, 1.54) is 51.3 Å². The maximum atomic E-state index is 13.8. The molecule has 1 aromatic rings. The summed E-state index contributed by atoms with van der Waals surface area (Å²) in [5, 5.41) is 8.45. The van der Waals surface area contributed by atoms with Crippen LogP contribution in [0.1, 0.15) is 99.9 Å². The molecule has 3 fully saturated rings. The molecule has 2 heterocycles. The molecule has 7 heteroatoms. The highest BCUT2D eigenvalue weighted by atomic mass is 16.5. The van der Waals surface area contributed by atoms with Crippen LogP contribution in [0.5, 0.6) is 0 Å². The molecule has 3 aliphatic carbocycles. The predicted octanol–water partition coefficient (Wildman–Crippen LogP) is 3.86. The average molecular weight is 457 g/mol. The van der Waals surface area contributed by atoms with Gasteiger partial charge in [0, 0.05) is 36.8 Å². The molecule has 1 aliphatic heterocycles. The van der Waals surface area contributed by atoms with Gasteiger partial charge < -0.3 is 10.1 Å². The molecule has 33 heavy (non-hydrogen) atoms. The van der Waals surface area contributed by atoms with E-state index in [0.29, 0.717) is 24.2 Å². The van der Waals surface area contributed by atoms with Gasteiger partial charge in [0.15, 0.2) is 5.69 Å². The number of hydrogen-bond donors (Lipinski definition) is 1. The van der Waals surface area contributed by atoms with Gasteiger partial charge >= 0.3 is 5.97 Å². The van der Waals surface area contributed by atoms with Crippen molar-refractivity contribution in [1.82, 2.24) is 20.0 Å². The standard InChI is InChI=1S/C26H40N4O3/c1-25(2)17-10-12-26(3,14-17)24(25)27-23(32)22-19-15-29(16-21(31)33-4)13-11-20(19)30(28-22)18-8-6-5-7-9-18/h17-18,24H,5-16H2,1-4H3,(H,27,32). The Morgan fingerprint density at radius 1 is 1.15 bits per heavy atom. The van der Waals surface area contributed by atoms with E-state index in [9.17, 15) is 9.59 Å². The highest BCUT2D eigenvalue weighted by Gasteiger charge is 2.59. The van der Waals surface area contributed by atoms with E-state index in [1.807, 2.05) is 0 Å². The molecule has 1 N–H and O–H groups in total. The van der Waals surface area contributed by atoms with Crippen LogP contribution in [0.25, 0.3) is 0 Å². The molecule has 182 valence electrons. The quantitative estimate of drug-likeness (QED) is 0.681. The van der Waals surface area contributed by atoms with E-state index in [2.05, 4.69) is 35.7 Å². The molecule has 2 bridgehead atoms. The Bertz CT molecular complexity index is 927. The van der Waals surface area contributed by atoms with Crippen molar-refractivity contribution in [2.75, 3.05) is 20.2 Å². The summed E-state index contributed by atoms with van der Waals surface area (Å²) in [7, 11) is 1.43. The van der Waals surface area contributed by atoms with Gasteiger partial charge in [-0.25, -0.2) is 0 Å². The third-order valence-electron chi connectivity index (χ3n) is 9.43. The van der Waals surface area contributed by atoms with Gasteiger partial charge in [0.1, 0.15) is 0 Å². The zero-order valence-corrected chi connectivity index (χ0v) is 20.8. The minimum atomic E-state index is -0.235. The smallest absolute Gasteiger partial charge is 0.319 e. The van der Waals surface area contributed by atoms with Crippen LogP contribution >= 0.6 is 0 Å². The summed E-state index contributed by atoms with van der Waals surface area (Å²) in [6.07, 6.45) is 10.5. The zero-order chi connectivity index (χ0) is 23.4. The fourth-order valence-electron chi connectivity index (χ4n) is 7.56. The molecule has 5 rings (SSSR count). The Kier molecular flexibility index (Phi) is 5.82. The van der Waals surface area contributed by atoms with Crippen LogP contribution in [0.2, 0.25) is 0 Å². The number of amides is 1. The first-order valence-corrected chi connectivity index (χ1v) is 12.9. The van der Waals surface area contributed by atoms with Crippen LogP contribution in [-0.4, -0.2) is 52.8 Å². The van der Waals surface area contributed by atoms with Crippen molar-refractivity contribution in [3.05, 3.63) is 17.0 Å². The molecule has 1 amide bonds. The molecule has 3 saturated carbocycles. The van der Waals surface area contributed by atoms with E-state index >= 15 is 0 Å². The zero-order valence-electron chi connectivity index (χ0n) is 20.8. The highest BCUT2D eigenvalue weighted by Crippen LogP contribution is 2.62. The molecule has 4 aliphatic rings. The van der Waals surface area contributed by atoms with Crippen LogP contribution in [-0.2, 0) is 22.5 Å². The van der Waals surface area contributed by atoms with Crippen LogP contribution in [0.15, 0.2) is 0 Å². The van der Waals surface area contributed by atoms with Crippen molar-refractivity contribution in [3.63, 3.8) is 0 Å². The minimum Gasteiger partial charge on any atom is -0.468 e. The number of nitrogens with zero attached hydrogens (tertiary/aromatic N) is 3.